The Morgan fingerprint density at radius 2 is 2.03 bits per heavy atom. The molecule has 0 spiro atoms. The number of H-pyrrole nitrogens is 1. The first-order chi connectivity index (χ1) is 15.0. The Bertz CT molecular complexity index is 1140. The minimum absolute atomic E-state index is 0.0299. The maximum atomic E-state index is 12.1. The van der Waals surface area contributed by atoms with E-state index in [4.69, 9.17) is 9.47 Å². The third-order valence-electron chi connectivity index (χ3n) is 4.29. The van der Waals surface area contributed by atoms with Crippen LogP contribution in [-0.4, -0.2) is 34.8 Å². The number of carbonyl (C=O) groups is 1. The van der Waals surface area contributed by atoms with Gasteiger partial charge in [-0.25, -0.2) is 10.4 Å². The summed E-state index contributed by atoms with van der Waals surface area (Å²) in [6.07, 6.45) is 1.87. The van der Waals surface area contributed by atoms with Crippen LogP contribution < -0.4 is 20.5 Å². The number of para-hydroxylation sites is 2. The SMILES string of the molecule is CCOc1cc(/C=N\NC(=O)CCc2nc3ccccc3[nH]c2=O)ccc1OC(C)C. The Kier molecular flexibility index (Phi) is 7.37. The highest BCUT2D eigenvalue weighted by molar-refractivity contribution is 5.83. The number of benzene rings is 2. The number of hydrogen-bond acceptors (Lipinski definition) is 6. The first kappa shape index (κ1) is 22.0. The highest BCUT2D eigenvalue weighted by Gasteiger charge is 2.09. The molecule has 2 N–H and O–H groups in total. The van der Waals surface area contributed by atoms with Crippen LogP contribution in [0, 0.1) is 0 Å². The molecular weight excluding hydrogens is 396 g/mol. The number of hydrazone groups is 1. The lowest BCUT2D eigenvalue weighted by molar-refractivity contribution is -0.121. The molecule has 1 aromatic heterocycles. The number of hydrogen-bond donors (Lipinski definition) is 2. The quantitative estimate of drug-likeness (QED) is 0.407. The molecule has 0 bridgehead atoms. The maximum Gasteiger partial charge on any atom is 0.270 e. The molecule has 31 heavy (non-hydrogen) atoms. The molecule has 162 valence electrons. The van der Waals surface area contributed by atoms with Gasteiger partial charge in [0.1, 0.15) is 5.69 Å². The van der Waals surface area contributed by atoms with Crippen LogP contribution in [0.4, 0.5) is 0 Å². The van der Waals surface area contributed by atoms with E-state index in [9.17, 15) is 9.59 Å². The lowest BCUT2D eigenvalue weighted by atomic mass is 10.2. The fraction of sp³-hybridized carbons (Fsp3) is 0.304. The van der Waals surface area contributed by atoms with Crippen molar-refractivity contribution >= 4 is 23.2 Å². The molecule has 0 aliphatic carbocycles. The van der Waals surface area contributed by atoms with Crippen LogP contribution in [-0.2, 0) is 11.2 Å². The van der Waals surface area contributed by atoms with Gasteiger partial charge >= 0.3 is 0 Å². The zero-order valence-electron chi connectivity index (χ0n) is 17.8. The Hall–Kier alpha value is -3.68. The molecule has 0 saturated heterocycles. The summed E-state index contributed by atoms with van der Waals surface area (Å²) in [7, 11) is 0. The van der Waals surface area contributed by atoms with Gasteiger partial charge in [-0.05, 0) is 56.7 Å². The standard InChI is InChI=1S/C23H26N4O4/c1-4-30-21-13-16(9-11-20(21)31-15(2)3)14-24-27-22(28)12-10-19-23(29)26-18-8-6-5-7-17(18)25-19/h5-9,11,13-15H,4,10,12H2,1-3H3,(H,26,29)(H,27,28)/b24-14-. The van der Waals surface area contributed by atoms with Gasteiger partial charge in [-0.1, -0.05) is 12.1 Å². The number of nitrogens with one attached hydrogen (secondary N) is 2. The van der Waals surface area contributed by atoms with E-state index in [1.54, 1.807) is 12.1 Å². The highest BCUT2D eigenvalue weighted by Crippen LogP contribution is 2.28. The van der Waals surface area contributed by atoms with Crippen molar-refractivity contribution in [3.8, 4) is 11.5 Å². The van der Waals surface area contributed by atoms with E-state index >= 15 is 0 Å². The smallest absolute Gasteiger partial charge is 0.270 e. The van der Waals surface area contributed by atoms with Crippen LogP contribution in [0.2, 0.25) is 0 Å². The third kappa shape index (κ3) is 6.15. The maximum absolute atomic E-state index is 12.1. The molecule has 3 rings (SSSR count). The molecule has 8 nitrogen and oxygen atoms in total. The van der Waals surface area contributed by atoms with E-state index in [-0.39, 0.29) is 30.4 Å². The number of nitrogens with zero attached hydrogens (tertiary/aromatic N) is 2. The molecule has 0 fully saturated rings. The number of fused-ring (bicyclic) bond motifs is 1. The Morgan fingerprint density at radius 1 is 1.23 bits per heavy atom. The van der Waals surface area contributed by atoms with E-state index in [0.717, 1.165) is 5.56 Å². The van der Waals surface area contributed by atoms with Crippen LogP contribution in [0.3, 0.4) is 0 Å². The molecule has 1 heterocycles. The summed E-state index contributed by atoms with van der Waals surface area (Å²) in [6.45, 7) is 6.30. The summed E-state index contributed by atoms with van der Waals surface area (Å²) < 4.78 is 11.4. The van der Waals surface area contributed by atoms with Crippen LogP contribution in [0.5, 0.6) is 11.5 Å². The van der Waals surface area contributed by atoms with Gasteiger partial charge in [0, 0.05) is 12.8 Å². The predicted octanol–water partition coefficient (Wildman–Crippen LogP) is 3.19. The lowest BCUT2D eigenvalue weighted by Crippen LogP contribution is -2.21. The van der Waals surface area contributed by atoms with Gasteiger partial charge in [0.25, 0.3) is 5.56 Å². The van der Waals surface area contributed by atoms with Gasteiger partial charge in [0.15, 0.2) is 11.5 Å². The molecule has 3 aromatic rings. The fourth-order valence-electron chi connectivity index (χ4n) is 2.93. The van der Waals surface area contributed by atoms with Crippen molar-refractivity contribution in [2.75, 3.05) is 6.61 Å². The molecule has 2 aromatic carbocycles. The summed E-state index contributed by atoms with van der Waals surface area (Å²) in [4.78, 5) is 31.4. The number of rotatable bonds is 9. The minimum atomic E-state index is -0.310. The topological polar surface area (TPSA) is 106 Å². The molecular formula is C23H26N4O4. The lowest BCUT2D eigenvalue weighted by Gasteiger charge is -2.14. The van der Waals surface area contributed by atoms with E-state index in [0.29, 0.717) is 34.8 Å². The number of amides is 1. The van der Waals surface area contributed by atoms with Crippen LogP contribution in [0.1, 0.15) is 38.4 Å². The zero-order valence-corrected chi connectivity index (χ0v) is 17.8. The Labute approximate surface area is 180 Å². The summed E-state index contributed by atoms with van der Waals surface area (Å²) >= 11 is 0. The van der Waals surface area contributed by atoms with Gasteiger partial charge in [0.2, 0.25) is 5.91 Å². The molecule has 0 radical (unpaired) electrons. The van der Waals surface area contributed by atoms with E-state index in [1.165, 1.54) is 6.21 Å². The third-order valence-corrected chi connectivity index (χ3v) is 4.29. The number of aromatic nitrogens is 2. The zero-order chi connectivity index (χ0) is 22.2. The minimum Gasteiger partial charge on any atom is -0.490 e. The van der Waals surface area contributed by atoms with Crippen LogP contribution >= 0.6 is 0 Å². The van der Waals surface area contributed by atoms with Crippen molar-refractivity contribution < 1.29 is 14.3 Å². The van der Waals surface area contributed by atoms with Crippen molar-refractivity contribution in [3.63, 3.8) is 0 Å². The van der Waals surface area contributed by atoms with Gasteiger partial charge in [-0.3, -0.25) is 9.59 Å². The summed E-state index contributed by atoms with van der Waals surface area (Å²) in [5, 5.41) is 3.99. The molecule has 0 saturated carbocycles. The van der Waals surface area contributed by atoms with Crippen molar-refractivity contribution in [1.29, 1.82) is 0 Å². The van der Waals surface area contributed by atoms with Crippen molar-refractivity contribution in [2.45, 2.75) is 39.7 Å². The van der Waals surface area contributed by atoms with Crippen molar-refractivity contribution in [2.24, 2.45) is 5.10 Å². The summed E-state index contributed by atoms with van der Waals surface area (Å²) in [5.41, 5.74) is 4.62. The normalized spacial score (nSPS) is 11.2. The number of carbonyl (C=O) groups excluding carboxylic acids is 1. The highest BCUT2D eigenvalue weighted by atomic mass is 16.5. The monoisotopic (exact) mass is 422 g/mol. The average Bonchev–Trinajstić information content (AvgIpc) is 2.74. The number of aryl methyl sites for hydroxylation is 1. The van der Waals surface area contributed by atoms with Crippen molar-refractivity contribution in [3.05, 3.63) is 64.1 Å². The second-order valence-electron chi connectivity index (χ2n) is 7.13. The van der Waals surface area contributed by atoms with Gasteiger partial charge in [-0.15, -0.1) is 0 Å². The fourth-order valence-corrected chi connectivity index (χ4v) is 2.93. The number of ether oxygens (including phenoxy) is 2. The molecule has 0 atom stereocenters. The van der Waals surface area contributed by atoms with Gasteiger partial charge in [0.05, 0.1) is 30.0 Å². The summed E-state index contributed by atoms with van der Waals surface area (Å²) in [5.74, 6) is 0.967. The van der Waals surface area contributed by atoms with E-state index in [1.807, 2.05) is 51.1 Å². The molecule has 1 amide bonds. The first-order valence-electron chi connectivity index (χ1n) is 10.2. The molecule has 0 unspecified atom stereocenters. The molecule has 0 aliphatic rings. The van der Waals surface area contributed by atoms with E-state index < -0.39 is 0 Å². The largest absolute Gasteiger partial charge is 0.490 e. The predicted molar refractivity (Wildman–Crippen MR) is 120 cm³/mol. The summed E-state index contributed by atoms with van der Waals surface area (Å²) in [6, 6.07) is 12.7. The van der Waals surface area contributed by atoms with Crippen LogP contribution in [0.25, 0.3) is 11.0 Å². The molecule has 8 heteroatoms. The van der Waals surface area contributed by atoms with Crippen molar-refractivity contribution in [1.82, 2.24) is 15.4 Å². The van der Waals surface area contributed by atoms with Crippen LogP contribution in [0.15, 0.2) is 52.4 Å². The van der Waals surface area contributed by atoms with Gasteiger partial charge in [-0.2, -0.15) is 5.10 Å². The van der Waals surface area contributed by atoms with E-state index in [2.05, 4.69) is 20.5 Å². The van der Waals surface area contributed by atoms with Gasteiger partial charge < -0.3 is 14.5 Å². The average molecular weight is 422 g/mol. The second-order valence-corrected chi connectivity index (χ2v) is 7.13. The molecule has 0 aliphatic heterocycles. The first-order valence-corrected chi connectivity index (χ1v) is 10.2. The second kappa shape index (κ2) is 10.4. The number of aromatic amines is 1. The Morgan fingerprint density at radius 3 is 2.81 bits per heavy atom. The Balaban J connectivity index is 1.58.